The zero-order chi connectivity index (χ0) is 24.1. The summed E-state index contributed by atoms with van der Waals surface area (Å²) in [6.07, 6.45) is 15.6. The average Bonchev–Trinajstić information content (AvgIpc) is 2.67. The highest BCUT2D eigenvalue weighted by Crippen LogP contribution is 2.25. The lowest BCUT2D eigenvalue weighted by Crippen LogP contribution is -2.06. The van der Waals surface area contributed by atoms with Gasteiger partial charge in [-0.2, -0.15) is 8.42 Å². The molecule has 0 atom stereocenters. The van der Waals surface area contributed by atoms with E-state index in [9.17, 15) is 13.5 Å². The Kier molecular flexibility index (Phi) is 12.1. The molecule has 0 bridgehead atoms. The van der Waals surface area contributed by atoms with Crippen molar-refractivity contribution in [2.45, 2.75) is 79.6 Å². The van der Waals surface area contributed by atoms with E-state index >= 15 is 0 Å². The number of aromatic hydroxyl groups is 1. The largest absolute Gasteiger partial charge is 0.508 e. The Labute approximate surface area is 194 Å². The quantitative estimate of drug-likeness (QED) is 0.238. The van der Waals surface area contributed by atoms with E-state index in [1.807, 2.05) is 13.0 Å². The summed E-state index contributed by atoms with van der Waals surface area (Å²) in [5.41, 5.74) is 5.92. The second-order valence-corrected chi connectivity index (χ2v) is 9.58. The lowest BCUT2D eigenvalue weighted by Gasteiger charge is -2.07. The summed E-state index contributed by atoms with van der Waals surface area (Å²) in [6.45, 7) is 10.7. The van der Waals surface area contributed by atoms with Crippen LogP contribution in [0.25, 0.3) is 0 Å². The number of phenolic OH excluding ortho intramolecular Hbond substituents is 1. The summed E-state index contributed by atoms with van der Waals surface area (Å²) >= 11 is 0. The fourth-order valence-electron chi connectivity index (χ4n) is 3.17. The lowest BCUT2D eigenvalue weighted by atomic mass is 10.0. The second-order valence-electron chi connectivity index (χ2n) is 8.55. The third-order valence-electron chi connectivity index (χ3n) is 5.08. The topological polar surface area (TPSA) is 83.8 Å². The van der Waals surface area contributed by atoms with Crippen molar-refractivity contribution in [2.24, 2.45) is 0 Å². The molecule has 178 valence electrons. The number of rotatable bonds is 13. The van der Waals surface area contributed by atoms with Crippen LogP contribution in [0, 0.1) is 0 Å². The molecule has 0 spiro atoms. The molecule has 0 saturated carbocycles. The molecule has 2 N–H and O–H groups in total. The summed E-state index contributed by atoms with van der Waals surface area (Å²) in [5, 5.41) is 9.97. The second kappa shape index (κ2) is 14.0. The van der Waals surface area contributed by atoms with Gasteiger partial charge in [0.25, 0.3) is 0 Å². The normalized spacial score (nSPS) is 13.2. The van der Waals surface area contributed by atoms with E-state index in [0.29, 0.717) is 12.0 Å². The molecule has 32 heavy (non-hydrogen) atoms. The van der Waals surface area contributed by atoms with Crippen LogP contribution in [0.3, 0.4) is 0 Å². The van der Waals surface area contributed by atoms with Gasteiger partial charge in [-0.05, 0) is 97.8 Å². The Morgan fingerprint density at radius 2 is 1.34 bits per heavy atom. The predicted octanol–water partition coefficient (Wildman–Crippen LogP) is 7.26. The third kappa shape index (κ3) is 13.2. The van der Waals surface area contributed by atoms with Gasteiger partial charge in [-0.25, -0.2) is 0 Å². The molecular formula is C26H38O5S. The minimum Gasteiger partial charge on any atom is -0.508 e. The van der Waals surface area contributed by atoms with Gasteiger partial charge in [0, 0.05) is 5.56 Å². The van der Waals surface area contributed by atoms with Gasteiger partial charge in [-0.15, -0.1) is 0 Å². The molecule has 0 aliphatic heterocycles. The Morgan fingerprint density at radius 3 is 1.84 bits per heavy atom. The van der Waals surface area contributed by atoms with Crippen LogP contribution in [-0.2, 0) is 16.8 Å². The van der Waals surface area contributed by atoms with Gasteiger partial charge in [0.2, 0.25) is 0 Å². The van der Waals surface area contributed by atoms with Crippen LogP contribution in [0.4, 0.5) is 0 Å². The van der Waals surface area contributed by atoms with Gasteiger partial charge in [0.1, 0.15) is 11.5 Å². The SMILES string of the molecule is CC(C)=CCC/C(C)=C/CC/C(C)=C/CC/C(C)=C/Cc1cc(OS(=O)(=O)O)ccc1O. The van der Waals surface area contributed by atoms with Gasteiger partial charge < -0.3 is 9.29 Å². The number of phenols is 1. The summed E-state index contributed by atoms with van der Waals surface area (Å²) in [5.74, 6) is 0.0165. The maximum Gasteiger partial charge on any atom is 0.446 e. The standard InChI is InChI=1S/C26H38O5S/c1-20(2)9-6-10-21(3)11-7-12-22(4)13-8-14-23(5)15-16-24-19-25(17-18-26(24)27)31-32(28,29)30/h9,11,13,15,17-19,27H,6-8,10,12,14,16H2,1-5H3,(H,28,29,30)/b21-11+,22-13+,23-15+. The molecule has 0 unspecified atom stereocenters. The summed E-state index contributed by atoms with van der Waals surface area (Å²) in [4.78, 5) is 0. The summed E-state index contributed by atoms with van der Waals surface area (Å²) in [7, 11) is -4.59. The Balaban J connectivity index is 2.48. The van der Waals surface area contributed by atoms with Gasteiger partial charge in [0.15, 0.2) is 0 Å². The molecule has 0 heterocycles. The van der Waals surface area contributed by atoms with Gasteiger partial charge in [-0.1, -0.05) is 46.6 Å². The maximum absolute atomic E-state index is 10.8. The van der Waals surface area contributed by atoms with Crippen LogP contribution < -0.4 is 4.18 Å². The molecular weight excluding hydrogens is 424 g/mol. The van der Waals surface area contributed by atoms with Crippen LogP contribution in [0.15, 0.2) is 64.8 Å². The molecule has 0 aliphatic carbocycles. The zero-order valence-electron chi connectivity index (χ0n) is 20.0. The third-order valence-corrected chi connectivity index (χ3v) is 5.48. The molecule has 1 aromatic rings. The van der Waals surface area contributed by atoms with Gasteiger partial charge >= 0.3 is 10.4 Å². The van der Waals surface area contributed by atoms with Crippen LogP contribution in [-0.4, -0.2) is 18.1 Å². The minimum absolute atomic E-state index is 0.0360. The van der Waals surface area contributed by atoms with E-state index in [2.05, 4.69) is 50.1 Å². The van der Waals surface area contributed by atoms with Crippen LogP contribution in [0.2, 0.25) is 0 Å². The van der Waals surface area contributed by atoms with Crippen molar-refractivity contribution in [2.75, 3.05) is 0 Å². The van der Waals surface area contributed by atoms with E-state index in [0.717, 1.165) is 38.5 Å². The van der Waals surface area contributed by atoms with Crippen LogP contribution >= 0.6 is 0 Å². The summed E-state index contributed by atoms with van der Waals surface area (Å²) < 4.78 is 34.9. The van der Waals surface area contributed by atoms with Crippen molar-refractivity contribution < 1.29 is 22.3 Å². The van der Waals surface area contributed by atoms with Gasteiger partial charge in [-0.3, -0.25) is 4.55 Å². The van der Waals surface area contributed by atoms with E-state index in [4.69, 9.17) is 4.55 Å². The Bertz CT molecular complexity index is 962. The molecule has 0 fully saturated rings. The van der Waals surface area contributed by atoms with Crippen molar-refractivity contribution in [1.82, 2.24) is 0 Å². The number of allylic oxidation sites excluding steroid dienone is 8. The zero-order valence-corrected chi connectivity index (χ0v) is 20.8. The van der Waals surface area contributed by atoms with Crippen molar-refractivity contribution in [3.8, 4) is 11.5 Å². The molecule has 1 rings (SSSR count). The molecule has 6 heteroatoms. The van der Waals surface area contributed by atoms with Crippen LogP contribution in [0.5, 0.6) is 11.5 Å². The van der Waals surface area contributed by atoms with Crippen molar-refractivity contribution in [3.05, 3.63) is 70.4 Å². The van der Waals surface area contributed by atoms with E-state index in [1.165, 1.54) is 40.5 Å². The minimum atomic E-state index is -4.59. The van der Waals surface area contributed by atoms with E-state index in [1.54, 1.807) is 0 Å². The van der Waals surface area contributed by atoms with E-state index < -0.39 is 10.4 Å². The molecule has 0 aromatic heterocycles. The molecule has 0 amide bonds. The van der Waals surface area contributed by atoms with Crippen molar-refractivity contribution in [1.29, 1.82) is 0 Å². The molecule has 0 saturated heterocycles. The summed E-state index contributed by atoms with van der Waals surface area (Å²) in [6, 6.07) is 4.05. The molecule has 0 aliphatic rings. The first kappa shape index (κ1) is 27.7. The maximum atomic E-state index is 10.8. The highest BCUT2D eigenvalue weighted by molar-refractivity contribution is 7.81. The Hall–Kier alpha value is -2.31. The molecule has 0 radical (unpaired) electrons. The highest BCUT2D eigenvalue weighted by Gasteiger charge is 2.09. The first-order valence-electron chi connectivity index (χ1n) is 11.1. The fraction of sp³-hybridized carbons (Fsp3) is 0.462. The first-order chi connectivity index (χ1) is 15.0. The lowest BCUT2D eigenvalue weighted by molar-refractivity contribution is 0.386. The van der Waals surface area contributed by atoms with Crippen molar-refractivity contribution in [3.63, 3.8) is 0 Å². The molecule has 5 nitrogen and oxygen atoms in total. The smallest absolute Gasteiger partial charge is 0.446 e. The van der Waals surface area contributed by atoms with Gasteiger partial charge in [0.05, 0.1) is 0 Å². The first-order valence-corrected chi connectivity index (χ1v) is 12.4. The number of hydrogen-bond acceptors (Lipinski definition) is 4. The highest BCUT2D eigenvalue weighted by atomic mass is 32.3. The number of hydrogen-bond donors (Lipinski definition) is 2. The predicted molar refractivity (Wildman–Crippen MR) is 132 cm³/mol. The number of benzene rings is 1. The van der Waals surface area contributed by atoms with Crippen LogP contribution in [0.1, 0.15) is 78.7 Å². The van der Waals surface area contributed by atoms with E-state index in [-0.39, 0.29) is 11.5 Å². The Morgan fingerprint density at radius 1 is 0.844 bits per heavy atom. The monoisotopic (exact) mass is 462 g/mol. The molecule has 1 aromatic carbocycles. The van der Waals surface area contributed by atoms with Crippen molar-refractivity contribution >= 4 is 10.4 Å². The fourth-order valence-corrected chi connectivity index (χ4v) is 3.52. The average molecular weight is 463 g/mol.